The highest BCUT2D eigenvalue weighted by atomic mass is 19.4. The van der Waals surface area contributed by atoms with Crippen molar-refractivity contribution in [1.82, 2.24) is 5.32 Å². The zero-order chi connectivity index (χ0) is 14.1. The van der Waals surface area contributed by atoms with Crippen LogP contribution in [0.1, 0.15) is 37.8 Å². The van der Waals surface area contributed by atoms with Gasteiger partial charge in [0, 0.05) is 12.0 Å². The minimum absolute atomic E-state index is 0.0912. The molecule has 1 nitrogen and oxygen atoms in total. The van der Waals surface area contributed by atoms with Crippen molar-refractivity contribution in [3.63, 3.8) is 0 Å². The number of benzene rings is 1. The van der Waals surface area contributed by atoms with Gasteiger partial charge in [-0.1, -0.05) is 38.5 Å². The third kappa shape index (κ3) is 2.78. The van der Waals surface area contributed by atoms with Gasteiger partial charge in [0.2, 0.25) is 0 Å². The molecule has 2 rings (SSSR count). The van der Waals surface area contributed by atoms with Crippen LogP contribution in [0.3, 0.4) is 0 Å². The Labute approximate surface area is 112 Å². The van der Waals surface area contributed by atoms with Crippen molar-refractivity contribution in [2.24, 2.45) is 5.92 Å². The highest BCUT2D eigenvalue weighted by Crippen LogP contribution is 2.56. The van der Waals surface area contributed by atoms with Crippen molar-refractivity contribution in [2.75, 3.05) is 13.1 Å². The van der Waals surface area contributed by atoms with Gasteiger partial charge in [0.15, 0.2) is 0 Å². The lowest BCUT2D eigenvalue weighted by atomic mass is 9.91. The van der Waals surface area contributed by atoms with E-state index in [9.17, 15) is 13.2 Å². The van der Waals surface area contributed by atoms with E-state index in [1.54, 1.807) is 0 Å². The molecule has 19 heavy (non-hydrogen) atoms. The molecule has 1 aromatic rings. The number of hydrogen-bond donors (Lipinski definition) is 1. The van der Waals surface area contributed by atoms with E-state index < -0.39 is 11.7 Å². The molecule has 0 aromatic heterocycles. The first-order valence-corrected chi connectivity index (χ1v) is 6.82. The van der Waals surface area contributed by atoms with Crippen molar-refractivity contribution >= 4 is 0 Å². The average molecular weight is 271 g/mol. The molecule has 1 fully saturated rings. The first-order chi connectivity index (χ1) is 8.94. The summed E-state index contributed by atoms with van der Waals surface area (Å²) in [6.07, 6.45) is -2.26. The van der Waals surface area contributed by atoms with Crippen molar-refractivity contribution in [1.29, 1.82) is 0 Å². The highest BCUT2D eigenvalue weighted by molar-refractivity contribution is 5.38. The molecule has 1 aliphatic carbocycles. The van der Waals surface area contributed by atoms with E-state index in [2.05, 4.69) is 12.2 Å². The molecule has 0 bridgehead atoms. The maximum Gasteiger partial charge on any atom is 0.416 e. The molecular formula is C15H20F3N. The molecule has 0 saturated heterocycles. The summed E-state index contributed by atoms with van der Waals surface area (Å²) in [5, 5.41) is 3.29. The Bertz CT molecular complexity index is 441. The topological polar surface area (TPSA) is 12.0 Å². The third-order valence-electron chi connectivity index (χ3n) is 4.18. The lowest BCUT2D eigenvalue weighted by Crippen LogP contribution is -2.28. The van der Waals surface area contributed by atoms with Crippen molar-refractivity contribution in [3.05, 3.63) is 35.4 Å². The SMILES string of the molecule is CCNCC1(c2cccc(C(F)(F)F)c2)CC1CC. The van der Waals surface area contributed by atoms with Gasteiger partial charge in [0.25, 0.3) is 0 Å². The van der Waals surface area contributed by atoms with Crippen LogP contribution < -0.4 is 5.32 Å². The molecule has 0 aliphatic heterocycles. The molecule has 2 unspecified atom stereocenters. The number of likely N-dealkylation sites (N-methyl/N-ethyl adjacent to an activating group) is 1. The molecule has 0 heterocycles. The standard InChI is InChI=1S/C15H20F3N/c1-3-11-9-14(11,10-19-4-2)12-6-5-7-13(8-12)15(16,17)18/h5-8,11,19H,3-4,9-10H2,1-2H3. The second kappa shape index (κ2) is 5.16. The van der Waals surface area contributed by atoms with Crippen LogP contribution in [0, 0.1) is 5.92 Å². The van der Waals surface area contributed by atoms with Gasteiger partial charge in [-0.15, -0.1) is 0 Å². The summed E-state index contributed by atoms with van der Waals surface area (Å²) >= 11 is 0. The van der Waals surface area contributed by atoms with Gasteiger partial charge in [-0.25, -0.2) is 0 Å². The van der Waals surface area contributed by atoms with Crippen LogP contribution in [-0.4, -0.2) is 13.1 Å². The van der Waals surface area contributed by atoms with E-state index >= 15 is 0 Å². The first-order valence-electron chi connectivity index (χ1n) is 6.82. The molecular weight excluding hydrogens is 251 g/mol. The predicted octanol–water partition coefficient (Wildman–Crippen LogP) is 3.98. The summed E-state index contributed by atoms with van der Waals surface area (Å²) in [4.78, 5) is 0. The molecule has 1 aromatic carbocycles. The summed E-state index contributed by atoms with van der Waals surface area (Å²) in [5.74, 6) is 0.495. The average Bonchev–Trinajstić information content (AvgIpc) is 3.10. The fourth-order valence-corrected chi connectivity index (χ4v) is 2.94. The Morgan fingerprint density at radius 1 is 1.32 bits per heavy atom. The summed E-state index contributed by atoms with van der Waals surface area (Å²) in [5.41, 5.74) is 0.198. The Hall–Kier alpha value is -1.03. The number of alkyl halides is 3. The smallest absolute Gasteiger partial charge is 0.316 e. The summed E-state index contributed by atoms with van der Waals surface area (Å²) in [6.45, 7) is 5.73. The summed E-state index contributed by atoms with van der Waals surface area (Å²) in [7, 11) is 0. The van der Waals surface area contributed by atoms with Crippen LogP contribution in [0.15, 0.2) is 24.3 Å². The number of hydrogen-bond acceptors (Lipinski definition) is 1. The van der Waals surface area contributed by atoms with E-state index in [4.69, 9.17) is 0 Å². The molecule has 1 aliphatic rings. The van der Waals surface area contributed by atoms with Gasteiger partial charge >= 0.3 is 6.18 Å². The molecule has 0 amide bonds. The monoisotopic (exact) mass is 271 g/mol. The lowest BCUT2D eigenvalue weighted by molar-refractivity contribution is -0.137. The van der Waals surface area contributed by atoms with E-state index in [1.165, 1.54) is 12.1 Å². The van der Waals surface area contributed by atoms with E-state index in [1.807, 2.05) is 13.0 Å². The lowest BCUT2D eigenvalue weighted by Gasteiger charge is -2.20. The molecule has 2 atom stereocenters. The van der Waals surface area contributed by atoms with Gasteiger partial charge in [-0.3, -0.25) is 0 Å². The molecule has 106 valence electrons. The Balaban J connectivity index is 2.29. The molecule has 0 spiro atoms. The molecule has 1 saturated carbocycles. The molecule has 4 heteroatoms. The first kappa shape index (κ1) is 14.4. The van der Waals surface area contributed by atoms with Crippen molar-refractivity contribution in [2.45, 2.75) is 38.3 Å². The van der Waals surface area contributed by atoms with Gasteiger partial charge in [-0.2, -0.15) is 13.2 Å². The van der Waals surface area contributed by atoms with Crippen LogP contribution in [0.25, 0.3) is 0 Å². The Morgan fingerprint density at radius 3 is 2.58 bits per heavy atom. The Morgan fingerprint density at radius 2 is 2.05 bits per heavy atom. The molecule has 0 radical (unpaired) electrons. The van der Waals surface area contributed by atoms with Crippen LogP contribution >= 0.6 is 0 Å². The van der Waals surface area contributed by atoms with Crippen LogP contribution in [0.5, 0.6) is 0 Å². The third-order valence-corrected chi connectivity index (χ3v) is 4.18. The fraction of sp³-hybridized carbons (Fsp3) is 0.600. The normalized spacial score (nSPS) is 26.5. The maximum atomic E-state index is 12.8. The van der Waals surface area contributed by atoms with Gasteiger partial charge in [0.05, 0.1) is 5.56 Å². The second-order valence-corrected chi connectivity index (χ2v) is 5.32. The summed E-state index contributed by atoms with van der Waals surface area (Å²) < 4.78 is 38.4. The van der Waals surface area contributed by atoms with Gasteiger partial charge in [0.1, 0.15) is 0 Å². The second-order valence-electron chi connectivity index (χ2n) is 5.32. The fourth-order valence-electron chi connectivity index (χ4n) is 2.94. The number of rotatable bonds is 5. The van der Waals surface area contributed by atoms with Crippen LogP contribution in [-0.2, 0) is 11.6 Å². The minimum atomic E-state index is -4.26. The van der Waals surface area contributed by atoms with E-state index in [0.29, 0.717) is 5.92 Å². The van der Waals surface area contributed by atoms with E-state index in [-0.39, 0.29) is 5.41 Å². The highest BCUT2D eigenvalue weighted by Gasteiger charge is 2.53. The van der Waals surface area contributed by atoms with E-state index in [0.717, 1.165) is 37.6 Å². The summed E-state index contributed by atoms with van der Waals surface area (Å²) in [6, 6.07) is 5.83. The minimum Gasteiger partial charge on any atom is -0.316 e. The maximum absolute atomic E-state index is 12.8. The largest absolute Gasteiger partial charge is 0.416 e. The van der Waals surface area contributed by atoms with Gasteiger partial charge in [-0.05, 0) is 30.5 Å². The van der Waals surface area contributed by atoms with Crippen LogP contribution in [0.4, 0.5) is 13.2 Å². The Kier molecular flexibility index (Phi) is 3.90. The van der Waals surface area contributed by atoms with Crippen molar-refractivity contribution in [3.8, 4) is 0 Å². The number of halogens is 3. The zero-order valence-electron chi connectivity index (χ0n) is 11.3. The molecule has 1 N–H and O–H groups in total. The quantitative estimate of drug-likeness (QED) is 0.854. The van der Waals surface area contributed by atoms with Crippen molar-refractivity contribution < 1.29 is 13.2 Å². The zero-order valence-corrected chi connectivity index (χ0v) is 11.3. The van der Waals surface area contributed by atoms with Crippen LogP contribution in [0.2, 0.25) is 0 Å². The predicted molar refractivity (Wildman–Crippen MR) is 70.1 cm³/mol. The number of nitrogens with one attached hydrogen (secondary N) is 1. The van der Waals surface area contributed by atoms with Gasteiger partial charge < -0.3 is 5.32 Å².